The third-order valence-corrected chi connectivity index (χ3v) is 4.10. The molecule has 1 radical (unpaired) electrons. The predicted molar refractivity (Wildman–Crippen MR) is 89.6 cm³/mol. The van der Waals surface area contributed by atoms with E-state index in [1.807, 2.05) is 0 Å². The molecule has 127 valence electrons. The molecule has 0 bridgehead atoms. The standard InChI is InChI=1S/C15H30O5S.Na/c1-2-3-4-5-6-7-8-9-10-12-15(16)20-13-11-14-21(17,18)19;/h2-14H2,1H3,(H,17,18,19);. The zero-order valence-electron chi connectivity index (χ0n) is 14.2. The fraction of sp³-hybridized carbons (Fsp3) is 0.933. The van der Waals surface area contributed by atoms with E-state index in [0.717, 1.165) is 19.3 Å². The number of esters is 1. The Morgan fingerprint density at radius 1 is 0.909 bits per heavy atom. The van der Waals surface area contributed by atoms with Gasteiger partial charge in [0.2, 0.25) is 0 Å². The third-order valence-electron chi connectivity index (χ3n) is 3.29. The van der Waals surface area contributed by atoms with Crippen LogP contribution in [-0.4, -0.2) is 60.9 Å². The van der Waals surface area contributed by atoms with Crippen molar-refractivity contribution in [3.8, 4) is 0 Å². The Balaban J connectivity index is 0. The van der Waals surface area contributed by atoms with Gasteiger partial charge in [0.1, 0.15) is 0 Å². The number of unbranched alkanes of at least 4 members (excludes halogenated alkanes) is 8. The van der Waals surface area contributed by atoms with Crippen LogP contribution in [0.4, 0.5) is 0 Å². The zero-order chi connectivity index (χ0) is 16.0. The van der Waals surface area contributed by atoms with Crippen LogP contribution in [0, 0.1) is 0 Å². The van der Waals surface area contributed by atoms with Gasteiger partial charge < -0.3 is 4.74 Å². The molecule has 0 heterocycles. The maximum absolute atomic E-state index is 11.3. The Kier molecular flexibility index (Phi) is 18.2. The Labute approximate surface area is 157 Å². The molecule has 0 aromatic carbocycles. The average molecular weight is 345 g/mol. The second kappa shape index (κ2) is 16.2. The monoisotopic (exact) mass is 345 g/mol. The molecular weight excluding hydrogens is 315 g/mol. The van der Waals surface area contributed by atoms with E-state index in [1.54, 1.807) is 0 Å². The summed E-state index contributed by atoms with van der Waals surface area (Å²) in [4.78, 5) is 11.3. The van der Waals surface area contributed by atoms with Crippen LogP contribution in [0.2, 0.25) is 0 Å². The number of rotatable bonds is 14. The molecule has 0 aliphatic carbocycles. The SMILES string of the molecule is CCCCCCCCCCCC(=O)OCCCS(=O)(=O)O.[Na]. The van der Waals surface area contributed by atoms with Gasteiger partial charge in [0.15, 0.2) is 0 Å². The van der Waals surface area contributed by atoms with Gasteiger partial charge >= 0.3 is 5.97 Å². The summed E-state index contributed by atoms with van der Waals surface area (Å²) in [7, 11) is -3.95. The number of hydrogen-bond donors (Lipinski definition) is 1. The summed E-state index contributed by atoms with van der Waals surface area (Å²) in [5, 5.41) is 0. The van der Waals surface area contributed by atoms with Crippen molar-refractivity contribution in [1.82, 2.24) is 0 Å². The van der Waals surface area contributed by atoms with Crippen molar-refractivity contribution in [1.29, 1.82) is 0 Å². The Bertz CT molecular complexity index is 357. The molecule has 0 spiro atoms. The van der Waals surface area contributed by atoms with E-state index in [2.05, 4.69) is 6.92 Å². The first-order valence-electron chi connectivity index (χ1n) is 8.06. The number of hydrogen-bond acceptors (Lipinski definition) is 4. The van der Waals surface area contributed by atoms with E-state index in [4.69, 9.17) is 9.29 Å². The molecule has 22 heavy (non-hydrogen) atoms. The van der Waals surface area contributed by atoms with Gasteiger partial charge in [0, 0.05) is 36.0 Å². The van der Waals surface area contributed by atoms with Gasteiger partial charge in [-0.1, -0.05) is 58.3 Å². The predicted octanol–water partition coefficient (Wildman–Crippen LogP) is 3.35. The first-order chi connectivity index (χ1) is 9.95. The molecule has 0 aromatic heterocycles. The van der Waals surface area contributed by atoms with E-state index < -0.39 is 10.1 Å². The largest absolute Gasteiger partial charge is 0.466 e. The fourth-order valence-corrected chi connectivity index (χ4v) is 2.56. The van der Waals surface area contributed by atoms with Crippen molar-refractivity contribution in [3.63, 3.8) is 0 Å². The number of carbonyl (C=O) groups excluding carboxylic acids is 1. The van der Waals surface area contributed by atoms with Gasteiger partial charge in [-0.05, 0) is 12.8 Å². The molecule has 0 atom stereocenters. The molecule has 0 aliphatic rings. The zero-order valence-corrected chi connectivity index (χ0v) is 17.0. The molecule has 0 saturated carbocycles. The van der Waals surface area contributed by atoms with Gasteiger partial charge in [0.05, 0.1) is 12.4 Å². The maximum atomic E-state index is 11.3. The molecule has 0 saturated heterocycles. The summed E-state index contributed by atoms with van der Waals surface area (Å²) in [5.41, 5.74) is 0. The fourth-order valence-electron chi connectivity index (χ4n) is 2.08. The Hall–Kier alpha value is 0.380. The van der Waals surface area contributed by atoms with E-state index in [9.17, 15) is 13.2 Å². The molecule has 0 amide bonds. The van der Waals surface area contributed by atoms with Crippen LogP contribution < -0.4 is 0 Å². The summed E-state index contributed by atoms with van der Waals surface area (Å²) in [6.45, 7) is 2.26. The quantitative estimate of drug-likeness (QED) is 0.226. The topological polar surface area (TPSA) is 80.7 Å². The van der Waals surface area contributed by atoms with Crippen molar-refractivity contribution in [2.45, 2.75) is 77.6 Å². The van der Waals surface area contributed by atoms with Crippen molar-refractivity contribution >= 4 is 45.6 Å². The van der Waals surface area contributed by atoms with Crippen molar-refractivity contribution in [2.75, 3.05) is 12.4 Å². The molecule has 5 nitrogen and oxygen atoms in total. The average Bonchev–Trinajstić information content (AvgIpc) is 2.41. The minimum absolute atomic E-state index is 0. The summed E-state index contributed by atoms with van der Waals surface area (Å²) in [6, 6.07) is 0. The van der Waals surface area contributed by atoms with Gasteiger partial charge in [0.25, 0.3) is 10.1 Å². The molecule has 0 rings (SSSR count). The first kappa shape index (κ1) is 24.6. The molecule has 1 N–H and O–H groups in total. The third kappa shape index (κ3) is 20.4. The molecule has 0 aliphatic heterocycles. The smallest absolute Gasteiger partial charge is 0.305 e. The first-order valence-corrected chi connectivity index (χ1v) is 9.67. The maximum Gasteiger partial charge on any atom is 0.305 e. The van der Waals surface area contributed by atoms with Crippen LogP contribution in [0.25, 0.3) is 0 Å². The van der Waals surface area contributed by atoms with Crippen LogP contribution >= 0.6 is 0 Å². The summed E-state index contributed by atoms with van der Waals surface area (Å²) < 4.78 is 34.3. The van der Waals surface area contributed by atoms with E-state index in [0.29, 0.717) is 6.42 Å². The molecule has 0 unspecified atom stereocenters. The van der Waals surface area contributed by atoms with Crippen LogP contribution in [-0.2, 0) is 19.6 Å². The Morgan fingerprint density at radius 3 is 1.91 bits per heavy atom. The van der Waals surface area contributed by atoms with E-state index >= 15 is 0 Å². The molecular formula is C15H30NaO5S. The normalized spacial score (nSPS) is 11.0. The summed E-state index contributed by atoms with van der Waals surface area (Å²) in [6.07, 6.45) is 11.3. The minimum atomic E-state index is -3.95. The van der Waals surface area contributed by atoms with Crippen LogP contribution in [0.3, 0.4) is 0 Å². The van der Waals surface area contributed by atoms with E-state index in [-0.39, 0.29) is 54.3 Å². The van der Waals surface area contributed by atoms with Gasteiger partial charge in [-0.3, -0.25) is 9.35 Å². The van der Waals surface area contributed by atoms with Crippen molar-refractivity contribution in [2.24, 2.45) is 0 Å². The molecule has 7 heteroatoms. The molecule has 0 fully saturated rings. The van der Waals surface area contributed by atoms with Crippen molar-refractivity contribution < 1.29 is 22.5 Å². The van der Waals surface area contributed by atoms with Crippen LogP contribution in [0.5, 0.6) is 0 Å². The van der Waals surface area contributed by atoms with Crippen LogP contribution in [0.1, 0.15) is 77.6 Å². The van der Waals surface area contributed by atoms with Crippen LogP contribution in [0.15, 0.2) is 0 Å². The van der Waals surface area contributed by atoms with Crippen molar-refractivity contribution in [3.05, 3.63) is 0 Å². The van der Waals surface area contributed by atoms with Gasteiger partial charge in [-0.2, -0.15) is 8.42 Å². The summed E-state index contributed by atoms with van der Waals surface area (Å²) in [5.74, 6) is -0.647. The van der Waals surface area contributed by atoms with E-state index in [1.165, 1.54) is 38.5 Å². The summed E-state index contributed by atoms with van der Waals surface area (Å²) >= 11 is 0. The second-order valence-electron chi connectivity index (χ2n) is 5.44. The Morgan fingerprint density at radius 2 is 1.41 bits per heavy atom. The molecule has 0 aromatic rings. The number of carbonyl (C=O) groups is 1. The van der Waals surface area contributed by atoms with Gasteiger partial charge in [-0.15, -0.1) is 0 Å². The van der Waals surface area contributed by atoms with Gasteiger partial charge in [-0.25, -0.2) is 0 Å². The minimum Gasteiger partial charge on any atom is -0.466 e. The number of ether oxygens (including phenoxy) is 1. The second-order valence-corrected chi connectivity index (χ2v) is 7.01.